The summed E-state index contributed by atoms with van der Waals surface area (Å²) < 4.78 is 11.0. The van der Waals surface area contributed by atoms with E-state index in [0.717, 1.165) is 16.8 Å². The third-order valence-electron chi connectivity index (χ3n) is 3.43. The van der Waals surface area contributed by atoms with Crippen molar-refractivity contribution in [2.75, 3.05) is 12.4 Å². The third-order valence-corrected chi connectivity index (χ3v) is 3.67. The average Bonchev–Trinajstić information content (AvgIpc) is 3.04. The van der Waals surface area contributed by atoms with Gasteiger partial charge in [-0.15, -0.1) is 10.2 Å². The number of rotatable bonds is 5. The quantitative estimate of drug-likeness (QED) is 0.755. The summed E-state index contributed by atoms with van der Waals surface area (Å²) in [4.78, 5) is 0. The molecule has 3 rings (SSSR count). The number of nitrogens with one attached hydrogen (secondary N) is 1. The molecule has 0 saturated heterocycles. The van der Waals surface area contributed by atoms with Crippen LogP contribution in [0.25, 0.3) is 11.5 Å². The number of nitrogens with zero attached hydrogens (tertiary/aromatic N) is 2. The van der Waals surface area contributed by atoms with E-state index in [9.17, 15) is 0 Å². The fourth-order valence-electron chi connectivity index (χ4n) is 2.21. The van der Waals surface area contributed by atoms with Gasteiger partial charge in [0, 0.05) is 10.7 Å². The molecule has 0 spiro atoms. The van der Waals surface area contributed by atoms with Crippen LogP contribution in [-0.4, -0.2) is 17.3 Å². The van der Waals surface area contributed by atoms with Crippen molar-refractivity contribution in [3.05, 3.63) is 58.9 Å². The number of hydrogen-bond acceptors (Lipinski definition) is 5. The van der Waals surface area contributed by atoms with Crippen molar-refractivity contribution in [1.29, 1.82) is 0 Å². The molecule has 0 bridgehead atoms. The van der Waals surface area contributed by atoms with Gasteiger partial charge in [0.05, 0.1) is 19.2 Å². The monoisotopic (exact) mass is 329 g/mol. The molecule has 0 aliphatic heterocycles. The third kappa shape index (κ3) is 3.46. The lowest BCUT2D eigenvalue weighted by Gasteiger charge is -2.07. The Morgan fingerprint density at radius 3 is 2.83 bits per heavy atom. The minimum Gasteiger partial charge on any atom is -0.496 e. The molecule has 0 aliphatic carbocycles. The second-order valence-electron chi connectivity index (χ2n) is 5.01. The van der Waals surface area contributed by atoms with Gasteiger partial charge in [-0.1, -0.05) is 29.8 Å². The topological polar surface area (TPSA) is 60.2 Å². The molecule has 0 unspecified atom stereocenters. The van der Waals surface area contributed by atoms with Gasteiger partial charge in [0.25, 0.3) is 5.89 Å². The van der Waals surface area contributed by atoms with Crippen molar-refractivity contribution in [2.45, 2.75) is 13.5 Å². The summed E-state index contributed by atoms with van der Waals surface area (Å²) in [7, 11) is 1.61. The maximum absolute atomic E-state index is 6.01. The highest BCUT2D eigenvalue weighted by Gasteiger charge is 2.13. The molecule has 0 radical (unpaired) electrons. The summed E-state index contributed by atoms with van der Waals surface area (Å²) in [6.45, 7) is 2.43. The lowest BCUT2D eigenvalue weighted by Crippen LogP contribution is -2.01. The average molecular weight is 330 g/mol. The molecule has 1 N–H and O–H groups in total. The number of hydrogen-bond donors (Lipinski definition) is 1. The molecule has 118 valence electrons. The molecule has 0 atom stereocenters. The van der Waals surface area contributed by atoms with Gasteiger partial charge in [-0.25, -0.2) is 0 Å². The highest BCUT2D eigenvalue weighted by Crippen LogP contribution is 2.28. The summed E-state index contributed by atoms with van der Waals surface area (Å²) >= 11 is 6.01. The maximum atomic E-state index is 6.01. The SMILES string of the molecule is COc1ccccc1-c1nnc(CNc2cc(Cl)ccc2C)o1. The predicted octanol–water partition coefficient (Wildman–Crippen LogP) is 4.32. The van der Waals surface area contributed by atoms with E-state index >= 15 is 0 Å². The van der Waals surface area contributed by atoms with E-state index in [1.807, 2.05) is 49.4 Å². The summed E-state index contributed by atoms with van der Waals surface area (Å²) in [6, 6.07) is 13.2. The molecule has 2 aromatic carbocycles. The first-order valence-corrected chi connectivity index (χ1v) is 7.51. The minimum atomic E-state index is 0.420. The Bertz CT molecular complexity index is 817. The molecule has 0 aliphatic rings. The zero-order valence-corrected chi connectivity index (χ0v) is 13.6. The molecule has 0 saturated carbocycles. The molecule has 0 amide bonds. The Morgan fingerprint density at radius 1 is 1.17 bits per heavy atom. The van der Waals surface area contributed by atoms with Crippen LogP contribution in [0.15, 0.2) is 46.9 Å². The van der Waals surface area contributed by atoms with Crippen LogP contribution in [0.4, 0.5) is 5.69 Å². The van der Waals surface area contributed by atoms with Crippen LogP contribution in [0.1, 0.15) is 11.5 Å². The Hall–Kier alpha value is -2.53. The van der Waals surface area contributed by atoms with E-state index < -0.39 is 0 Å². The van der Waals surface area contributed by atoms with Crippen molar-refractivity contribution in [3.8, 4) is 17.2 Å². The van der Waals surface area contributed by atoms with Gasteiger partial charge in [0.2, 0.25) is 5.89 Å². The van der Waals surface area contributed by atoms with Gasteiger partial charge in [0.1, 0.15) is 5.75 Å². The van der Waals surface area contributed by atoms with Crippen LogP contribution in [0.5, 0.6) is 5.75 Å². The number of aryl methyl sites for hydroxylation is 1. The lowest BCUT2D eigenvalue weighted by molar-refractivity contribution is 0.413. The maximum Gasteiger partial charge on any atom is 0.251 e. The number of halogens is 1. The fraction of sp³-hybridized carbons (Fsp3) is 0.176. The molecule has 3 aromatic rings. The van der Waals surface area contributed by atoms with Gasteiger partial charge >= 0.3 is 0 Å². The van der Waals surface area contributed by atoms with Crippen LogP contribution in [0.2, 0.25) is 5.02 Å². The van der Waals surface area contributed by atoms with Gasteiger partial charge < -0.3 is 14.5 Å². The first-order valence-electron chi connectivity index (χ1n) is 7.13. The Morgan fingerprint density at radius 2 is 2.00 bits per heavy atom. The van der Waals surface area contributed by atoms with E-state index in [1.54, 1.807) is 7.11 Å². The lowest BCUT2D eigenvalue weighted by atomic mass is 10.2. The van der Waals surface area contributed by atoms with Gasteiger partial charge in [-0.3, -0.25) is 0 Å². The standard InChI is InChI=1S/C17H16ClN3O2/c1-11-7-8-12(18)9-14(11)19-10-16-20-21-17(23-16)13-5-3-4-6-15(13)22-2/h3-9,19H,10H2,1-2H3. The van der Waals surface area contributed by atoms with Crippen LogP contribution in [0.3, 0.4) is 0 Å². The molecular weight excluding hydrogens is 314 g/mol. The normalized spacial score (nSPS) is 10.6. The zero-order valence-electron chi connectivity index (χ0n) is 12.8. The Balaban J connectivity index is 1.76. The Labute approximate surface area is 139 Å². The van der Waals surface area contributed by atoms with Crippen molar-refractivity contribution < 1.29 is 9.15 Å². The van der Waals surface area contributed by atoms with Crippen LogP contribution >= 0.6 is 11.6 Å². The van der Waals surface area contributed by atoms with E-state index in [0.29, 0.717) is 29.1 Å². The molecule has 1 aromatic heterocycles. The van der Waals surface area contributed by atoms with E-state index in [1.165, 1.54) is 0 Å². The van der Waals surface area contributed by atoms with Gasteiger partial charge in [0.15, 0.2) is 0 Å². The first-order chi connectivity index (χ1) is 11.2. The summed E-state index contributed by atoms with van der Waals surface area (Å²) in [5.74, 6) is 1.62. The number of benzene rings is 2. The molecule has 5 nitrogen and oxygen atoms in total. The summed E-state index contributed by atoms with van der Waals surface area (Å²) in [5.41, 5.74) is 2.81. The highest BCUT2D eigenvalue weighted by atomic mass is 35.5. The number of anilines is 1. The van der Waals surface area contributed by atoms with E-state index in [-0.39, 0.29) is 0 Å². The number of para-hydroxylation sites is 1. The van der Waals surface area contributed by atoms with Crippen LogP contribution in [-0.2, 0) is 6.54 Å². The van der Waals surface area contributed by atoms with E-state index in [2.05, 4.69) is 15.5 Å². The van der Waals surface area contributed by atoms with Crippen molar-refractivity contribution >= 4 is 17.3 Å². The molecule has 1 heterocycles. The molecule has 23 heavy (non-hydrogen) atoms. The molecule has 0 fully saturated rings. The van der Waals surface area contributed by atoms with Crippen LogP contribution in [0, 0.1) is 6.92 Å². The Kier molecular flexibility index (Phi) is 4.48. The second-order valence-corrected chi connectivity index (χ2v) is 5.45. The number of ether oxygens (including phenoxy) is 1. The largest absolute Gasteiger partial charge is 0.496 e. The number of aromatic nitrogens is 2. The highest BCUT2D eigenvalue weighted by molar-refractivity contribution is 6.30. The minimum absolute atomic E-state index is 0.420. The van der Waals surface area contributed by atoms with Gasteiger partial charge in [-0.05, 0) is 36.8 Å². The number of methoxy groups -OCH3 is 1. The summed E-state index contributed by atoms with van der Waals surface area (Å²) in [6.07, 6.45) is 0. The fourth-order valence-corrected chi connectivity index (χ4v) is 2.38. The second kappa shape index (κ2) is 6.71. The predicted molar refractivity (Wildman–Crippen MR) is 89.8 cm³/mol. The first kappa shape index (κ1) is 15.4. The van der Waals surface area contributed by atoms with Gasteiger partial charge in [-0.2, -0.15) is 0 Å². The molecular formula is C17H16ClN3O2. The van der Waals surface area contributed by atoms with Crippen molar-refractivity contribution in [2.24, 2.45) is 0 Å². The van der Waals surface area contributed by atoms with Crippen LogP contribution < -0.4 is 10.1 Å². The summed E-state index contributed by atoms with van der Waals surface area (Å²) in [5, 5.41) is 12.1. The van der Waals surface area contributed by atoms with E-state index in [4.69, 9.17) is 20.8 Å². The smallest absolute Gasteiger partial charge is 0.251 e. The van der Waals surface area contributed by atoms with Crippen molar-refractivity contribution in [3.63, 3.8) is 0 Å². The van der Waals surface area contributed by atoms with Crippen molar-refractivity contribution in [1.82, 2.24) is 10.2 Å². The zero-order chi connectivity index (χ0) is 16.2. The molecule has 6 heteroatoms.